The second-order valence-electron chi connectivity index (χ2n) is 9.63. The minimum Gasteiger partial charge on any atom is -0.497 e. The predicted octanol–water partition coefficient (Wildman–Crippen LogP) is 6.30. The summed E-state index contributed by atoms with van der Waals surface area (Å²) in [4.78, 5) is 31.0. The van der Waals surface area contributed by atoms with Crippen molar-refractivity contribution in [3.05, 3.63) is 98.5 Å². The van der Waals surface area contributed by atoms with Crippen molar-refractivity contribution in [2.24, 2.45) is 0 Å². The first kappa shape index (κ1) is 29.2. The van der Waals surface area contributed by atoms with Crippen LogP contribution >= 0.6 is 22.9 Å². The molecule has 1 aliphatic rings. The highest BCUT2D eigenvalue weighted by Gasteiger charge is 2.32. The molecule has 0 aliphatic carbocycles. The quantitative estimate of drug-likeness (QED) is 0.211. The lowest BCUT2D eigenvalue weighted by molar-refractivity contribution is 0.0701. The zero-order valence-electron chi connectivity index (χ0n) is 23.0. The number of hydrogen-bond donors (Lipinski definition) is 1. The summed E-state index contributed by atoms with van der Waals surface area (Å²) in [5.41, 5.74) is 2.10. The van der Waals surface area contributed by atoms with Crippen molar-refractivity contribution in [1.29, 1.82) is 0 Å². The highest BCUT2D eigenvalue weighted by Crippen LogP contribution is 2.40. The number of carbonyl (C=O) groups is 2. The van der Waals surface area contributed by atoms with Crippen molar-refractivity contribution in [2.75, 3.05) is 27.3 Å². The number of methoxy groups -OCH3 is 2. The molecule has 9 nitrogen and oxygen atoms in total. The van der Waals surface area contributed by atoms with Crippen molar-refractivity contribution in [3.8, 4) is 23.0 Å². The van der Waals surface area contributed by atoms with E-state index in [4.69, 9.17) is 30.5 Å². The number of likely N-dealkylation sites (tertiary alicyclic amines) is 1. The molecule has 11 heteroatoms. The summed E-state index contributed by atoms with van der Waals surface area (Å²) < 4.78 is 22.7. The van der Waals surface area contributed by atoms with Crippen molar-refractivity contribution in [1.82, 2.24) is 9.88 Å². The number of ether oxygens (including phenoxy) is 4. The molecular formula is C31H29ClN2O7S. The molecule has 1 fully saturated rings. The average Bonchev–Trinajstić information content (AvgIpc) is 3.71. The van der Waals surface area contributed by atoms with E-state index in [0.29, 0.717) is 35.8 Å². The van der Waals surface area contributed by atoms with Crippen molar-refractivity contribution < 1.29 is 33.6 Å². The molecule has 1 atom stereocenters. The molecule has 2 heterocycles. The number of carboxylic acids is 1. The Kier molecular flexibility index (Phi) is 9.14. The fourth-order valence-electron chi connectivity index (χ4n) is 4.60. The number of amides is 1. The van der Waals surface area contributed by atoms with E-state index >= 15 is 0 Å². The number of aromatic nitrogens is 1. The maximum absolute atomic E-state index is 13.6. The van der Waals surface area contributed by atoms with Crippen LogP contribution in [0, 0.1) is 0 Å². The summed E-state index contributed by atoms with van der Waals surface area (Å²) in [6.45, 7) is 1.37. The number of aromatic carboxylic acids is 1. The minimum atomic E-state index is -1.01. The standard InChI is InChI=1S/C31H29ClN2O7S/c1-38-22-7-3-19(4-8-22)17-40-25-12-11-24(27(32)28(25)41-18-20-5-9-23(39-2)10-6-20)30(35)34-14-13-21(16-34)29-33-15-26(42-29)31(36)37/h3-12,15,21H,13-14,16-18H2,1-2H3,(H,36,37)/t21-/m1/s1. The Labute approximate surface area is 252 Å². The van der Waals surface area contributed by atoms with Gasteiger partial charge in [0.1, 0.15) is 29.6 Å². The second-order valence-corrected chi connectivity index (χ2v) is 11.1. The van der Waals surface area contributed by atoms with Crippen LogP contribution in [0.4, 0.5) is 0 Å². The molecular weight excluding hydrogens is 580 g/mol. The minimum absolute atomic E-state index is 0.0382. The molecule has 42 heavy (non-hydrogen) atoms. The van der Waals surface area contributed by atoms with Gasteiger partial charge in [-0.1, -0.05) is 35.9 Å². The van der Waals surface area contributed by atoms with Gasteiger partial charge in [0.15, 0.2) is 11.5 Å². The van der Waals surface area contributed by atoms with Gasteiger partial charge in [0.2, 0.25) is 0 Å². The molecule has 218 valence electrons. The van der Waals surface area contributed by atoms with E-state index in [2.05, 4.69) is 4.98 Å². The fourth-order valence-corrected chi connectivity index (χ4v) is 5.78. The summed E-state index contributed by atoms with van der Waals surface area (Å²) in [7, 11) is 3.21. The average molecular weight is 609 g/mol. The summed E-state index contributed by atoms with van der Waals surface area (Å²) in [6, 6.07) is 18.3. The predicted molar refractivity (Wildman–Crippen MR) is 158 cm³/mol. The van der Waals surface area contributed by atoms with Gasteiger partial charge in [-0.25, -0.2) is 9.78 Å². The first-order chi connectivity index (χ1) is 20.4. The summed E-state index contributed by atoms with van der Waals surface area (Å²) in [6.07, 6.45) is 2.04. The van der Waals surface area contributed by atoms with E-state index in [0.717, 1.165) is 34.0 Å². The normalized spacial score (nSPS) is 14.5. The number of thiazole rings is 1. The third kappa shape index (κ3) is 6.61. The van der Waals surface area contributed by atoms with Gasteiger partial charge in [0.25, 0.3) is 5.91 Å². The molecule has 1 N–H and O–H groups in total. The topological polar surface area (TPSA) is 107 Å². The van der Waals surface area contributed by atoms with Gasteiger partial charge in [-0.15, -0.1) is 11.3 Å². The molecule has 5 rings (SSSR count). The number of nitrogens with zero attached hydrogens (tertiary/aromatic N) is 2. The van der Waals surface area contributed by atoms with Gasteiger partial charge >= 0.3 is 5.97 Å². The van der Waals surface area contributed by atoms with E-state index in [1.807, 2.05) is 48.5 Å². The lowest BCUT2D eigenvalue weighted by Crippen LogP contribution is -2.28. The van der Waals surface area contributed by atoms with E-state index in [9.17, 15) is 14.7 Å². The molecule has 1 amide bonds. The highest BCUT2D eigenvalue weighted by molar-refractivity contribution is 7.13. The van der Waals surface area contributed by atoms with Crippen LogP contribution in [-0.4, -0.2) is 54.2 Å². The number of carbonyl (C=O) groups excluding carboxylic acids is 1. The maximum atomic E-state index is 13.6. The number of halogens is 1. The smallest absolute Gasteiger partial charge is 0.347 e. The molecule has 1 aromatic heterocycles. The summed E-state index contributed by atoms with van der Waals surface area (Å²) in [5, 5.41) is 10.1. The van der Waals surface area contributed by atoms with Crippen molar-refractivity contribution in [2.45, 2.75) is 25.6 Å². The molecule has 0 unspecified atom stereocenters. The van der Waals surface area contributed by atoms with Crippen LogP contribution < -0.4 is 18.9 Å². The van der Waals surface area contributed by atoms with Crippen LogP contribution in [0.2, 0.25) is 5.02 Å². The van der Waals surface area contributed by atoms with Gasteiger partial charge in [0, 0.05) is 19.0 Å². The number of rotatable bonds is 11. The van der Waals surface area contributed by atoms with E-state index in [-0.39, 0.29) is 40.7 Å². The Morgan fingerprint density at radius 2 is 1.57 bits per heavy atom. The fraction of sp³-hybridized carbons (Fsp3) is 0.258. The monoisotopic (exact) mass is 608 g/mol. The molecule has 3 aromatic carbocycles. The van der Waals surface area contributed by atoms with Crippen molar-refractivity contribution >= 4 is 34.8 Å². The van der Waals surface area contributed by atoms with Crippen LogP contribution in [0.25, 0.3) is 0 Å². The SMILES string of the molecule is COc1ccc(COc2ccc(C(=O)N3CC[C@@H](c4ncc(C(=O)O)s4)C3)c(Cl)c2OCc2ccc(OC)cc2)cc1. The molecule has 0 radical (unpaired) electrons. The van der Waals surface area contributed by atoms with Gasteiger partial charge < -0.3 is 29.0 Å². The van der Waals surface area contributed by atoms with Gasteiger partial charge in [-0.3, -0.25) is 4.79 Å². The summed E-state index contributed by atoms with van der Waals surface area (Å²) in [5.74, 6) is 0.867. The lowest BCUT2D eigenvalue weighted by atomic mass is 10.1. The van der Waals surface area contributed by atoms with Crippen molar-refractivity contribution in [3.63, 3.8) is 0 Å². The van der Waals surface area contributed by atoms with E-state index in [1.54, 1.807) is 31.3 Å². The van der Waals surface area contributed by atoms with Gasteiger partial charge in [-0.2, -0.15) is 0 Å². The molecule has 1 aliphatic heterocycles. The highest BCUT2D eigenvalue weighted by atomic mass is 35.5. The Morgan fingerprint density at radius 1 is 0.952 bits per heavy atom. The van der Waals surface area contributed by atoms with Crippen LogP contribution in [0.1, 0.15) is 48.5 Å². The number of hydrogen-bond acceptors (Lipinski definition) is 8. The first-order valence-electron chi connectivity index (χ1n) is 13.2. The van der Waals surface area contributed by atoms with Crippen LogP contribution in [-0.2, 0) is 13.2 Å². The molecule has 0 saturated carbocycles. The Bertz CT molecular complexity index is 1560. The van der Waals surface area contributed by atoms with E-state index in [1.165, 1.54) is 6.20 Å². The molecule has 0 spiro atoms. The third-order valence-electron chi connectivity index (χ3n) is 6.95. The molecule has 1 saturated heterocycles. The zero-order chi connectivity index (χ0) is 29.6. The molecule has 4 aromatic rings. The van der Waals surface area contributed by atoms with E-state index < -0.39 is 5.97 Å². The second kappa shape index (κ2) is 13.1. The Hall–Kier alpha value is -4.28. The Balaban J connectivity index is 1.36. The number of benzene rings is 3. The third-order valence-corrected chi connectivity index (χ3v) is 8.47. The number of carboxylic acid groups (broad SMARTS) is 1. The van der Waals surface area contributed by atoms with Crippen LogP contribution in [0.5, 0.6) is 23.0 Å². The van der Waals surface area contributed by atoms with Crippen LogP contribution in [0.3, 0.4) is 0 Å². The van der Waals surface area contributed by atoms with Gasteiger partial charge in [-0.05, 0) is 53.9 Å². The Morgan fingerprint density at radius 3 is 2.14 bits per heavy atom. The lowest BCUT2D eigenvalue weighted by Gasteiger charge is -2.20. The zero-order valence-corrected chi connectivity index (χ0v) is 24.6. The van der Waals surface area contributed by atoms with Gasteiger partial charge in [0.05, 0.1) is 36.0 Å². The molecule has 0 bridgehead atoms. The largest absolute Gasteiger partial charge is 0.497 e. The maximum Gasteiger partial charge on any atom is 0.347 e. The first-order valence-corrected chi connectivity index (χ1v) is 14.4. The van der Waals surface area contributed by atoms with Crippen LogP contribution in [0.15, 0.2) is 66.9 Å². The summed E-state index contributed by atoms with van der Waals surface area (Å²) >= 11 is 7.99.